The van der Waals surface area contributed by atoms with Gasteiger partial charge in [0.1, 0.15) is 0 Å². The number of carbonyl (C=O) groups is 1. The van der Waals surface area contributed by atoms with Crippen molar-refractivity contribution in [2.24, 2.45) is 0 Å². The average molecular weight is 429 g/mol. The second-order valence-electron chi connectivity index (χ2n) is 6.62. The summed E-state index contributed by atoms with van der Waals surface area (Å²) >= 11 is 1.63. The quantitative estimate of drug-likeness (QED) is 0.590. The lowest BCUT2D eigenvalue weighted by molar-refractivity contribution is 0.0995. The number of hydrogen-bond donors (Lipinski definition) is 1. The average Bonchev–Trinajstić information content (AvgIpc) is 3.33. The van der Waals surface area contributed by atoms with Crippen LogP contribution < -0.4 is 9.62 Å². The van der Waals surface area contributed by atoms with Crippen LogP contribution in [0.25, 0.3) is 0 Å². The number of anilines is 2. The highest BCUT2D eigenvalue weighted by Gasteiger charge is 2.28. The molecule has 0 saturated carbocycles. The van der Waals surface area contributed by atoms with E-state index < -0.39 is 10.0 Å². The maximum absolute atomic E-state index is 12.6. The third kappa shape index (κ3) is 4.49. The van der Waals surface area contributed by atoms with Crippen molar-refractivity contribution in [3.8, 4) is 0 Å². The largest absolute Gasteiger partial charge is 0.459 e. The lowest BCUT2D eigenvalue weighted by Crippen LogP contribution is -2.25. The molecule has 1 aromatic heterocycles. The van der Waals surface area contributed by atoms with Crippen LogP contribution in [0.2, 0.25) is 0 Å². The van der Waals surface area contributed by atoms with Crippen molar-refractivity contribution in [1.29, 1.82) is 0 Å². The van der Waals surface area contributed by atoms with Gasteiger partial charge >= 0.3 is 0 Å². The number of thioether (sulfide) groups is 1. The summed E-state index contributed by atoms with van der Waals surface area (Å²) in [6, 6.07) is 18.5. The number of sulfonamides is 1. The highest BCUT2D eigenvalue weighted by molar-refractivity contribution is 7.98. The standard InChI is InChI=1S/C21H20N2O4S2/c24-21(20-16(11-13-27-20)15-28-19-5-2-1-3-6-19)22-17-7-9-18(10-8-17)23-12-4-14-29(23,25)26/h1-3,5-11,13H,4,12,14-15H2,(H,22,24). The molecule has 0 atom stereocenters. The number of furan rings is 1. The number of benzene rings is 2. The van der Waals surface area contributed by atoms with Crippen molar-refractivity contribution in [3.05, 3.63) is 78.3 Å². The van der Waals surface area contributed by atoms with Gasteiger partial charge in [0.25, 0.3) is 5.91 Å². The summed E-state index contributed by atoms with van der Waals surface area (Å²) in [7, 11) is -3.22. The lowest BCUT2D eigenvalue weighted by Gasteiger charge is -2.17. The molecule has 1 fully saturated rings. The summed E-state index contributed by atoms with van der Waals surface area (Å²) in [5, 5.41) is 2.81. The molecule has 150 valence electrons. The van der Waals surface area contributed by atoms with Crippen molar-refractivity contribution in [1.82, 2.24) is 0 Å². The van der Waals surface area contributed by atoms with Crippen LogP contribution in [0.15, 0.2) is 76.2 Å². The van der Waals surface area contributed by atoms with E-state index in [1.54, 1.807) is 42.1 Å². The number of nitrogens with one attached hydrogen (secondary N) is 1. The number of carbonyl (C=O) groups excluding carboxylic acids is 1. The van der Waals surface area contributed by atoms with Crippen LogP contribution in [0.1, 0.15) is 22.5 Å². The SMILES string of the molecule is O=C(Nc1ccc(N2CCCS2(=O)=O)cc1)c1occc1CSc1ccccc1. The van der Waals surface area contributed by atoms with E-state index in [4.69, 9.17) is 4.42 Å². The molecule has 1 amide bonds. The molecule has 1 aliphatic rings. The molecule has 2 heterocycles. The van der Waals surface area contributed by atoms with Crippen LogP contribution in [-0.2, 0) is 15.8 Å². The van der Waals surface area contributed by atoms with Crippen LogP contribution in [0.4, 0.5) is 11.4 Å². The van der Waals surface area contributed by atoms with E-state index in [2.05, 4.69) is 5.32 Å². The van der Waals surface area contributed by atoms with E-state index in [1.165, 1.54) is 10.6 Å². The van der Waals surface area contributed by atoms with Crippen LogP contribution in [0.3, 0.4) is 0 Å². The molecule has 4 rings (SSSR count). The predicted molar refractivity (Wildman–Crippen MR) is 115 cm³/mol. The van der Waals surface area contributed by atoms with Gasteiger partial charge < -0.3 is 9.73 Å². The van der Waals surface area contributed by atoms with Crippen molar-refractivity contribution in [2.75, 3.05) is 21.9 Å². The molecule has 0 spiro atoms. The summed E-state index contributed by atoms with van der Waals surface area (Å²) in [5.41, 5.74) is 2.00. The molecule has 1 N–H and O–H groups in total. The number of rotatable bonds is 6. The van der Waals surface area contributed by atoms with Crippen molar-refractivity contribution < 1.29 is 17.6 Å². The van der Waals surface area contributed by atoms with Gasteiger partial charge in [-0.05, 0) is 48.9 Å². The fraction of sp³-hybridized carbons (Fsp3) is 0.190. The molecule has 1 saturated heterocycles. The molecule has 0 bridgehead atoms. The van der Waals surface area contributed by atoms with E-state index in [0.717, 1.165) is 10.5 Å². The molecule has 8 heteroatoms. The van der Waals surface area contributed by atoms with Crippen LogP contribution in [0.5, 0.6) is 0 Å². The van der Waals surface area contributed by atoms with E-state index in [0.29, 0.717) is 30.1 Å². The minimum Gasteiger partial charge on any atom is -0.459 e. The summed E-state index contributed by atoms with van der Waals surface area (Å²) in [6.45, 7) is 0.489. The Kier molecular flexibility index (Phi) is 5.64. The van der Waals surface area contributed by atoms with Crippen molar-refractivity contribution >= 4 is 39.1 Å². The molecular formula is C21H20N2O4S2. The third-order valence-corrected chi connectivity index (χ3v) is 7.53. The first-order valence-corrected chi connectivity index (χ1v) is 11.8. The Morgan fingerprint density at radius 1 is 1.07 bits per heavy atom. The zero-order valence-corrected chi connectivity index (χ0v) is 17.2. The van der Waals surface area contributed by atoms with Gasteiger partial charge in [-0.25, -0.2) is 8.42 Å². The summed E-state index contributed by atoms with van der Waals surface area (Å²) < 4.78 is 30.9. The molecule has 29 heavy (non-hydrogen) atoms. The fourth-order valence-electron chi connectivity index (χ4n) is 3.15. The first kappa shape index (κ1) is 19.6. The fourth-order valence-corrected chi connectivity index (χ4v) is 5.62. The summed E-state index contributed by atoms with van der Waals surface area (Å²) in [5.74, 6) is 0.739. The molecule has 1 aliphatic heterocycles. The lowest BCUT2D eigenvalue weighted by atomic mass is 10.2. The number of amides is 1. The predicted octanol–water partition coefficient (Wildman–Crippen LogP) is 4.36. The zero-order valence-electron chi connectivity index (χ0n) is 15.6. The third-order valence-electron chi connectivity index (χ3n) is 4.60. The molecule has 3 aromatic rings. The van der Waals surface area contributed by atoms with Gasteiger partial charge in [-0.2, -0.15) is 0 Å². The number of hydrogen-bond acceptors (Lipinski definition) is 5. The van der Waals surface area contributed by atoms with E-state index >= 15 is 0 Å². The Morgan fingerprint density at radius 2 is 1.83 bits per heavy atom. The van der Waals surface area contributed by atoms with E-state index in [9.17, 15) is 13.2 Å². The molecule has 0 unspecified atom stereocenters. The van der Waals surface area contributed by atoms with Gasteiger partial charge in [-0.1, -0.05) is 18.2 Å². The van der Waals surface area contributed by atoms with Crippen molar-refractivity contribution in [3.63, 3.8) is 0 Å². The van der Waals surface area contributed by atoms with Gasteiger partial charge in [-0.15, -0.1) is 11.8 Å². The summed E-state index contributed by atoms with van der Waals surface area (Å²) in [6.07, 6.45) is 2.14. The van der Waals surface area contributed by atoms with Gasteiger partial charge in [-0.3, -0.25) is 9.10 Å². The highest BCUT2D eigenvalue weighted by atomic mass is 32.2. The van der Waals surface area contributed by atoms with Gasteiger partial charge in [0, 0.05) is 28.4 Å². The normalized spacial score (nSPS) is 15.4. The highest BCUT2D eigenvalue weighted by Crippen LogP contribution is 2.27. The maximum Gasteiger partial charge on any atom is 0.291 e. The van der Waals surface area contributed by atoms with Gasteiger partial charge in [0.2, 0.25) is 10.0 Å². The van der Waals surface area contributed by atoms with Crippen LogP contribution >= 0.6 is 11.8 Å². The molecular weight excluding hydrogens is 408 g/mol. The first-order chi connectivity index (χ1) is 14.0. The second-order valence-corrected chi connectivity index (χ2v) is 9.68. The Hall–Kier alpha value is -2.71. The monoisotopic (exact) mass is 428 g/mol. The smallest absolute Gasteiger partial charge is 0.291 e. The minimum absolute atomic E-state index is 0.174. The van der Waals surface area contributed by atoms with Crippen molar-refractivity contribution in [2.45, 2.75) is 17.1 Å². The Bertz CT molecular complexity index is 1090. The Labute approximate surface area is 174 Å². The summed E-state index contributed by atoms with van der Waals surface area (Å²) in [4.78, 5) is 13.7. The second kappa shape index (κ2) is 8.34. The van der Waals surface area contributed by atoms with Crippen LogP contribution in [-0.4, -0.2) is 26.6 Å². The Balaban J connectivity index is 1.42. The van der Waals surface area contributed by atoms with E-state index in [1.807, 2.05) is 30.3 Å². The van der Waals surface area contributed by atoms with Gasteiger partial charge in [0.15, 0.2) is 5.76 Å². The van der Waals surface area contributed by atoms with E-state index in [-0.39, 0.29) is 17.4 Å². The minimum atomic E-state index is -3.22. The topological polar surface area (TPSA) is 79.6 Å². The molecule has 2 aromatic carbocycles. The number of nitrogens with zero attached hydrogens (tertiary/aromatic N) is 1. The maximum atomic E-state index is 12.6. The zero-order chi connectivity index (χ0) is 20.3. The Morgan fingerprint density at radius 3 is 2.52 bits per heavy atom. The molecule has 0 radical (unpaired) electrons. The molecule has 6 nitrogen and oxygen atoms in total. The first-order valence-electron chi connectivity index (χ1n) is 9.19. The van der Waals surface area contributed by atoms with Crippen LogP contribution in [0, 0.1) is 0 Å². The molecule has 0 aliphatic carbocycles. The van der Waals surface area contributed by atoms with Gasteiger partial charge in [0.05, 0.1) is 17.7 Å².